The lowest BCUT2D eigenvalue weighted by Gasteiger charge is -2.23. The standard InChI is InChI=1S/C33H38ClF2N9O4/c1-18-6-5-7-27(24-12-19(10-11-40-24)29(43-32(35)36)25(15-37)42-30(18)47)44-17-41-23(14-28(44)46)21-13-20(34)8-9-26(21)45(39)16-22(38)31(48)49-33(2,3)4/h8-18,27,32H,5-7,37-39H2,1-4H3,(H,42,47)/b22-16-,25-15?,43-29?. The molecule has 0 saturated carbocycles. The van der Waals surface area contributed by atoms with E-state index in [-0.39, 0.29) is 28.4 Å². The van der Waals surface area contributed by atoms with E-state index in [2.05, 4.69) is 20.3 Å². The number of benzene rings is 1. The fraction of sp³-hybridized carbons (Fsp3) is 0.333. The molecule has 1 aliphatic rings. The van der Waals surface area contributed by atoms with E-state index in [9.17, 15) is 23.2 Å². The second-order valence-electron chi connectivity index (χ2n) is 12.3. The number of hydrazine groups is 1. The number of nitrogens with one attached hydrogen (secondary N) is 1. The molecule has 0 fully saturated rings. The molecule has 4 rings (SSSR count). The summed E-state index contributed by atoms with van der Waals surface area (Å²) in [6.07, 6.45) is 6.23. The molecule has 260 valence electrons. The van der Waals surface area contributed by atoms with Crippen LogP contribution in [0.3, 0.4) is 0 Å². The number of ether oxygens (including phenoxy) is 1. The number of rotatable bonds is 6. The van der Waals surface area contributed by atoms with Gasteiger partial charge in [0.05, 0.1) is 47.1 Å². The highest BCUT2D eigenvalue weighted by molar-refractivity contribution is 6.31. The first-order chi connectivity index (χ1) is 23.1. The summed E-state index contributed by atoms with van der Waals surface area (Å²) in [6, 6.07) is 8.28. The highest BCUT2D eigenvalue weighted by atomic mass is 35.5. The number of nitrogens with zero attached hydrogens (tertiary/aromatic N) is 5. The second kappa shape index (κ2) is 15.4. The molecule has 0 spiro atoms. The number of carbonyl (C=O) groups is 2. The Labute approximate surface area is 286 Å². The third-order valence-electron chi connectivity index (χ3n) is 7.46. The van der Waals surface area contributed by atoms with Crippen LogP contribution in [-0.4, -0.2) is 44.3 Å². The molecule has 0 aliphatic carbocycles. The first-order valence-electron chi connectivity index (χ1n) is 15.3. The summed E-state index contributed by atoms with van der Waals surface area (Å²) >= 11 is 6.31. The molecule has 3 aromatic rings. The minimum Gasteiger partial charge on any atom is -0.455 e. The van der Waals surface area contributed by atoms with E-state index < -0.39 is 41.5 Å². The van der Waals surface area contributed by atoms with Crippen molar-refractivity contribution >= 4 is 34.9 Å². The fourth-order valence-electron chi connectivity index (χ4n) is 5.13. The molecule has 1 aromatic carbocycles. The molecule has 0 saturated heterocycles. The quantitative estimate of drug-likeness (QED) is 0.0956. The third-order valence-corrected chi connectivity index (χ3v) is 7.70. The summed E-state index contributed by atoms with van der Waals surface area (Å²) < 4.78 is 33.8. The first-order valence-corrected chi connectivity index (χ1v) is 15.6. The van der Waals surface area contributed by atoms with Crippen LogP contribution in [0.4, 0.5) is 14.5 Å². The number of fused-ring (bicyclic) bond motifs is 2. The van der Waals surface area contributed by atoms with Gasteiger partial charge in [-0.25, -0.2) is 20.6 Å². The average Bonchev–Trinajstić information content (AvgIpc) is 3.03. The summed E-state index contributed by atoms with van der Waals surface area (Å²) in [5, 5.41) is 4.03. The Bertz CT molecular complexity index is 1870. The molecule has 3 heterocycles. The van der Waals surface area contributed by atoms with Crippen LogP contribution in [0, 0.1) is 5.92 Å². The molecule has 13 nitrogen and oxygen atoms in total. The molecule has 0 radical (unpaired) electrons. The monoisotopic (exact) mass is 697 g/mol. The normalized spacial score (nSPS) is 19.3. The SMILES string of the molecule is CC1CCCC(n2cnc(-c3cc(Cl)ccc3N(N)/C=C(\N)C(=O)OC(C)(C)C)cc2=O)c2cc(ccn2)C(=NC(F)F)C(=CN)NC1=O. The Morgan fingerprint density at radius 3 is 2.57 bits per heavy atom. The van der Waals surface area contributed by atoms with E-state index >= 15 is 0 Å². The topological polar surface area (TPSA) is 197 Å². The average molecular weight is 698 g/mol. The maximum absolute atomic E-state index is 13.8. The lowest BCUT2D eigenvalue weighted by atomic mass is 9.96. The number of halogens is 3. The maximum Gasteiger partial charge on any atom is 0.356 e. The molecule has 2 aromatic heterocycles. The largest absolute Gasteiger partial charge is 0.455 e. The van der Waals surface area contributed by atoms with E-state index in [1.807, 2.05) is 0 Å². The van der Waals surface area contributed by atoms with Gasteiger partial charge in [-0.1, -0.05) is 24.9 Å². The summed E-state index contributed by atoms with van der Waals surface area (Å²) in [7, 11) is 0. The van der Waals surface area contributed by atoms with Crippen molar-refractivity contribution in [3.63, 3.8) is 0 Å². The van der Waals surface area contributed by atoms with Crippen molar-refractivity contribution < 1.29 is 23.1 Å². The number of nitrogens with two attached hydrogens (primary N) is 3. The van der Waals surface area contributed by atoms with Gasteiger partial charge >= 0.3 is 12.5 Å². The van der Waals surface area contributed by atoms with Crippen molar-refractivity contribution in [3.8, 4) is 11.3 Å². The summed E-state index contributed by atoms with van der Waals surface area (Å²) in [5.74, 6) is 4.59. The van der Waals surface area contributed by atoms with E-state index in [0.717, 1.165) is 11.2 Å². The van der Waals surface area contributed by atoms with Gasteiger partial charge in [-0.3, -0.25) is 24.1 Å². The first kappa shape index (κ1) is 36.7. The predicted molar refractivity (Wildman–Crippen MR) is 182 cm³/mol. The van der Waals surface area contributed by atoms with Crippen molar-refractivity contribution in [2.24, 2.45) is 28.2 Å². The number of carbonyl (C=O) groups excluding carboxylic acids is 2. The molecule has 2 unspecified atom stereocenters. The fourth-order valence-corrected chi connectivity index (χ4v) is 5.30. The number of hydrogen-bond acceptors (Lipinski definition) is 11. The van der Waals surface area contributed by atoms with Crippen molar-refractivity contribution in [2.45, 2.75) is 65.1 Å². The van der Waals surface area contributed by atoms with Crippen LogP contribution >= 0.6 is 11.6 Å². The minimum atomic E-state index is -3.09. The van der Waals surface area contributed by atoms with E-state index in [4.69, 9.17) is 33.6 Å². The summed E-state index contributed by atoms with van der Waals surface area (Å²) in [4.78, 5) is 51.6. The number of hydrogen-bond donors (Lipinski definition) is 4. The van der Waals surface area contributed by atoms with Crippen LogP contribution in [-0.2, 0) is 14.3 Å². The number of aromatic nitrogens is 3. The van der Waals surface area contributed by atoms with Crippen LogP contribution < -0.4 is 33.2 Å². The molecule has 2 bridgehead atoms. The van der Waals surface area contributed by atoms with Crippen LogP contribution in [0.15, 0.2) is 82.5 Å². The Morgan fingerprint density at radius 1 is 1.18 bits per heavy atom. The van der Waals surface area contributed by atoms with E-state index in [0.29, 0.717) is 41.2 Å². The molecule has 2 atom stereocenters. The molecule has 7 N–H and O–H groups in total. The molecule has 49 heavy (non-hydrogen) atoms. The lowest BCUT2D eigenvalue weighted by molar-refractivity contribution is -0.150. The van der Waals surface area contributed by atoms with Gasteiger partial charge in [-0.2, -0.15) is 8.78 Å². The van der Waals surface area contributed by atoms with Crippen molar-refractivity contribution in [3.05, 3.63) is 99.4 Å². The van der Waals surface area contributed by atoms with Gasteiger partial charge in [0.25, 0.3) is 5.56 Å². The molecular formula is C33H38ClF2N9O4. The van der Waals surface area contributed by atoms with Crippen LogP contribution in [0.5, 0.6) is 0 Å². The number of amides is 1. The number of allylic oxidation sites excluding steroid dienone is 1. The van der Waals surface area contributed by atoms with Gasteiger partial charge in [0.2, 0.25) is 5.91 Å². The van der Waals surface area contributed by atoms with Crippen LogP contribution in [0.1, 0.15) is 64.3 Å². The number of anilines is 1. The predicted octanol–water partition coefficient (Wildman–Crippen LogP) is 4.12. The van der Waals surface area contributed by atoms with E-state index in [1.54, 1.807) is 45.9 Å². The molecule has 16 heteroatoms. The van der Waals surface area contributed by atoms with Gasteiger partial charge in [0, 0.05) is 40.5 Å². The minimum absolute atomic E-state index is 0.0800. The number of aliphatic imine (C=N–C) groups is 1. The van der Waals surface area contributed by atoms with Crippen molar-refractivity contribution in [1.82, 2.24) is 19.9 Å². The molecular weight excluding hydrogens is 660 g/mol. The van der Waals surface area contributed by atoms with Crippen molar-refractivity contribution in [2.75, 3.05) is 5.01 Å². The number of alkyl halides is 2. The highest BCUT2D eigenvalue weighted by Gasteiger charge is 2.25. The zero-order chi connectivity index (χ0) is 36.0. The van der Waals surface area contributed by atoms with Crippen LogP contribution in [0.25, 0.3) is 11.3 Å². The Morgan fingerprint density at radius 2 is 1.92 bits per heavy atom. The molecule has 1 aliphatic heterocycles. The van der Waals surface area contributed by atoms with Gasteiger partial charge in [0.15, 0.2) is 0 Å². The third kappa shape index (κ3) is 9.27. The molecule has 1 amide bonds. The number of esters is 1. The maximum atomic E-state index is 13.8. The van der Waals surface area contributed by atoms with Gasteiger partial charge < -0.3 is 21.5 Å². The van der Waals surface area contributed by atoms with Crippen LogP contribution in [0.2, 0.25) is 5.02 Å². The highest BCUT2D eigenvalue weighted by Crippen LogP contribution is 2.32. The van der Waals surface area contributed by atoms with Crippen molar-refractivity contribution in [1.29, 1.82) is 0 Å². The Balaban J connectivity index is 1.78. The Hall–Kier alpha value is -5.15. The smallest absolute Gasteiger partial charge is 0.356 e. The summed E-state index contributed by atoms with van der Waals surface area (Å²) in [5.41, 5.74) is 11.3. The zero-order valence-electron chi connectivity index (χ0n) is 27.4. The lowest BCUT2D eigenvalue weighted by Crippen LogP contribution is -2.34. The second-order valence-corrected chi connectivity index (χ2v) is 12.8. The summed E-state index contributed by atoms with van der Waals surface area (Å²) in [6.45, 7) is 3.71. The van der Waals surface area contributed by atoms with Gasteiger partial charge in [-0.05, 0) is 63.9 Å². The van der Waals surface area contributed by atoms with Gasteiger partial charge in [0.1, 0.15) is 11.3 Å². The number of pyridine rings is 1. The van der Waals surface area contributed by atoms with E-state index in [1.165, 1.54) is 41.5 Å². The van der Waals surface area contributed by atoms with Gasteiger partial charge in [-0.15, -0.1) is 0 Å². The Kier molecular flexibility index (Phi) is 11.5. The zero-order valence-corrected chi connectivity index (χ0v) is 28.1.